The van der Waals surface area contributed by atoms with E-state index in [1.54, 1.807) is 0 Å². The third-order valence-electron chi connectivity index (χ3n) is 3.76. The normalized spacial score (nSPS) is 19.0. The Kier molecular flexibility index (Phi) is 8.30. The van der Waals surface area contributed by atoms with E-state index in [1.165, 1.54) is 11.3 Å². The van der Waals surface area contributed by atoms with E-state index in [-0.39, 0.29) is 0 Å². The second-order valence-corrected chi connectivity index (χ2v) is 5.73. The van der Waals surface area contributed by atoms with Crippen molar-refractivity contribution < 1.29 is 0 Å². The molecule has 0 atom stereocenters. The first-order valence-electron chi connectivity index (χ1n) is 8.52. The Morgan fingerprint density at radius 1 is 0.826 bits per heavy atom. The quantitative estimate of drug-likeness (QED) is 0.882. The second kappa shape index (κ2) is 10.9. The van der Waals surface area contributed by atoms with Crippen LogP contribution >= 0.6 is 0 Å². The van der Waals surface area contributed by atoms with Crippen molar-refractivity contribution in [1.82, 2.24) is 10.6 Å². The number of rotatable bonds is 2. The number of nitrogens with one attached hydrogen (secondary N) is 2. The summed E-state index contributed by atoms with van der Waals surface area (Å²) < 4.78 is 0. The summed E-state index contributed by atoms with van der Waals surface area (Å²) in [5.74, 6) is 0. The topological polar surface area (TPSA) is 48.8 Å². The maximum Gasteiger partial charge on any atom is 0.0517 e. The zero-order valence-electron chi connectivity index (χ0n) is 14.1. The summed E-state index contributed by atoms with van der Waals surface area (Å²) in [4.78, 5) is 9.32. The molecule has 0 saturated heterocycles. The summed E-state index contributed by atoms with van der Waals surface area (Å²) in [5, 5.41) is 6.89. The highest BCUT2D eigenvalue weighted by Crippen LogP contribution is 2.02. The SMILES string of the molecule is CC1=NCCNCCC(/C=C/c2ccccc2)=NCCNCC1. The van der Waals surface area contributed by atoms with Crippen LogP contribution in [0.1, 0.15) is 25.3 Å². The van der Waals surface area contributed by atoms with Crippen LogP contribution < -0.4 is 10.6 Å². The molecule has 23 heavy (non-hydrogen) atoms. The summed E-state index contributed by atoms with van der Waals surface area (Å²) >= 11 is 0. The van der Waals surface area contributed by atoms with Gasteiger partial charge >= 0.3 is 0 Å². The third kappa shape index (κ3) is 7.86. The van der Waals surface area contributed by atoms with E-state index in [0.717, 1.165) is 57.8 Å². The van der Waals surface area contributed by atoms with Gasteiger partial charge in [-0.15, -0.1) is 0 Å². The van der Waals surface area contributed by atoms with Gasteiger partial charge in [0.05, 0.1) is 13.1 Å². The van der Waals surface area contributed by atoms with Crippen LogP contribution in [0.5, 0.6) is 0 Å². The van der Waals surface area contributed by atoms with Crippen molar-refractivity contribution in [2.45, 2.75) is 19.8 Å². The van der Waals surface area contributed by atoms with Crippen molar-refractivity contribution in [2.75, 3.05) is 39.3 Å². The molecule has 0 saturated carbocycles. The number of benzene rings is 1. The number of aliphatic imine (C=N–C) groups is 2. The highest BCUT2D eigenvalue weighted by Gasteiger charge is 1.98. The Hall–Kier alpha value is -1.78. The fourth-order valence-electron chi connectivity index (χ4n) is 2.39. The van der Waals surface area contributed by atoms with Crippen molar-refractivity contribution in [2.24, 2.45) is 9.98 Å². The van der Waals surface area contributed by atoms with Crippen LogP contribution in [-0.4, -0.2) is 50.7 Å². The Balaban J connectivity index is 1.91. The average molecular weight is 312 g/mol. The number of hydrogen-bond acceptors (Lipinski definition) is 4. The van der Waals surface area contributed by atoms with Gasteiger partial charge in [-0.2, -0.15) is 0 Å². The molecule has 2 rings (SSSR count). The summed E-state index contributed by atoms with van der Waals surface area (Å²) in [7, 11) is 0. The van der Waals surface area contributed by atoms with Gasteiger partial charge in [-0.25, -0.2) is 0 Å². The fraction of sp³-hybridized carbons (Fsp3) is 0.474. The summed E-state index contributed by atoms with van der Waals surface area (Å²) in [6, 6.07) is 10.4. The molecule has 4 heteroatoms. The van der Waals surface area contributed by atoms with Crippen LogP contribution in [0.15, 0.2) is 46.4 Å². The van der Waals surface area contributed by atoms with Gasteiger partial charge in [-0.3, -0.25) is 9.98 Å². The second-order valence-electron chi connectivity index (χ2n) is 5.73. The average Bonchev–Trinajstić information content (AvgIpc) is 2.58. The molecule has 0 bridgehead atoms. The maximum absolute atomic E-state index is 4.74. The Morgan fingerprint density at radius 2 is 1.52 bits per heavy atom. The first-order valence-corrected chi connectivity index (χ1v) is 8.52. The summed E-state index contributed by atoms with van der Waals surface area (Å²) in [6.07, 6.45) is 6.25. The van der Waals surface area contributed by atoms with Crippen LogP contribution in [0, 0.1) is 0 Å². The van der Waals surface area contributed by atoms with Gasteiger partial charge in [-0.05, 0) is 25.0 Å². The molecule has 1 heterocycles. The molecule has 124 valence electrons. The molecule has 1 aromatic rings. The lowest BCUT2D eigenvalue weighted by atomic mass is 10.1. The molecule has 0 fully saturated rings. The van der Waals surface area contributed by atoms with E-state index in [1.807, 2.05) is 6.07 Å². The molecule has 4 nitrogen and oxygen atoms in total. The highest BCUT2D eigenvalue weighted by molar-refractivity contribution is 5.98. The standard InChI is InChI=1S/C19H28N4/c1-17-9-11-20-14-16-23-19(10-12-21-13-15-22-17)8-7-18-5-3-2-4-6-18/h2-8,20-21H,9-16H2,1H3/b8-7+,22-17?,23-19?. The Bertz CT molecular complexity index is 532. The monoisotopic (exact) mass is 312 g/mol. The van der Waals surface area contributed by atoms with Crippen molar-refractivity contribution in [3.8, 4) is 0 Å². The smallest absolute Gasteiger partial charge is 0.0517 e. The molecular weight excluding hydrogens is 284 g/mol. The van der Waals surface area contributed by atoms with Gasteiger partial charge in [0, 0.05) is 44.0 Å². The van der Waals surface area contributed by atoms with E-state index in [2.05, 4.69) is 59.0 Å². The van der Waals surface area contributed by atoms with Gasteiger partial charge in [0.1, 0.15) is 0 Å². The van der Waals surface area contributed by atoms with Crippen LogP contribution in [-0.2, 0) is 0 Å². The summed E-state index contributed by atoms with van der Waals surface area (Å²) in [6.45, 7) is 7.57. The molecule has 0 unspecified atom stereocenters. The lowest BCUT2D eigenvalue weighted by Gasteiger charge is -2.08. The van der Waals surface area contributed by atoms with Crippen LogP contribution in [0.4, 0.5) is 0 Å². The highest BCUT2D eigenvalue weighted by atomic mass is 14.9. The van der Waals surface area contributed by atoms with Gasteiger partial charge in [0.2, 0.25) is 0 Å². The van der Waals surface area contributed by atoms with E-state index in [9.17, 15) is 0 Å². The predicted molar refractivity (Wildman–Crippen MR) is 101 cm³/mol. The molecule has 0 spiro atoms. The lowest BCUT2D eigenvalue weighted by molar-refractivity contribution is 0.685. The number of allylic oxidation sites excluding steroid dienone is 1. The first kappa shape index (κ1) is 17.6. The maximum atomic E-state index is 4.74. The van der Waals surface area contributed by atoms with E-state index >= 15 is 0 Å². The molecule has 0 amide bonds. The van der Waals surface area contributed by atoms with E-state index in [0.29, 0.717) is 0 Å². The predicted octanol–water partition coefficient (Wildman–Crippen LogP) is 2.57. The van der Waals surface area contributed by atoms with Crippen molar-refractivity contribution >= 4 is 17.5 Å². The van der Waals surface area contributed by atoms with Crippen LogP contribution in [0.2, 0.25) is 0 Å². The minimum Gasteiger partial charge on any atom is -0.315 e. The molecular formula is C19H28N4. The van der Waals surface area contributed by atoms with Crippen molar-refractivity contribution in [3.63, 3.8) is 0 Å². The largest absolute Gasteiger partial charge is 0.315 e. The van der Waals surface area contributed by atoms with E-state index in [4.69, 9.17) is 4.99 Å². The molecule has 1 aromatic carbocycles. The molecule has 0 radical (unpaired) electrons. The lowest BCUT2D eigenvalue weighted by Crippen LogP contribution is -2.24. The fourth-order valence-corrected chi connectivity index (χ4v) is 2.39. The Labute approximate surface area is 139 Å². The minimum atomic E-state index is 0.824. The van der Waals surface area contributed by atoms with Gasteiger partial charge < -0.3 is 10.6 Å². The molecule has 1 aliphatic rings. The van der Waals surface area contributed by atoms with Crippen molar-refractivity contribution in [1.29, 1.82) is 0 Å². The van der Waals surface area contributed by atoms with Crippen LogP contribution in [0.25, 0.3) is 6.08 Å². The zero-order valence-corrected chi connectivity index (χ0v) is 14.1. The van der Waals surface area contributed by atoms with Gasteiger partial charge in [0.25, 0.3) is 0 Å². The van der Waals surface area contributed by atoms with Crippen molar-refractivity contribution in [3.05, 3.63) is 42.0 Å². The molecule has 1 aliphatic heterocycles. The minimum absolute atomic E-state index is 0.824. The third-order valence-corrected chi connectivity index (χ3v) is 3.76. The number of nitrogens with zero attached hydrogens (tertiary/aromatic N) is 2. The Morgan fingerprint density at radius 3 is 2.30 bits per heavy atom. The molecule has 0 aromatic heterocycles. The molecule has 2 N–H and O–H groups in total. The van der Waals surface area contributed by atoms with Crippen LogP contribution in [0.3, 0.4) is 0 Å². The van der Waals surface area contributed by atoms with Gasteiger partial charge in [0.15, 0.2) is 0 Å². The van der Waals surface area contributed by atoms with Gasteiger partial charge in [-0.1, -0.05) is 36.4 Å². The molecule has 0 aliphatic carbocycles. The zero-order chi connectivity index (χ0) is 16.2. The van der Waals surface area contributed by atoms with E-state index < -0.39 is 0 Å². The first-order chi connectivity index (χ1) is 11.3. The number of hydrogen-bond donors (Lipinski definition) is 2. The summed E-state index contributed by atoms with van der Waals surface area (Å²) in [5.41, 5.74) is 3.59.